The van der Waals surface area contributed by atoms with Crippen molar-refractivity contribution < 1.29 is 23.2 Å². The molecule has 0 aliphatic rings. The third-order valence-corrected chi connectivity index (χ3v) is 15.4. The number of carbonyl (C=O) groups excluding carboxylic acids is 2. The van der Waals surface area contributed by atoms with E-state index >= 15 is 0 Å². The smallest absolute Gasteiger partial charge is 0.510 e. The van der Waals surface area contributed by atoms with Crippen molar-refractivity contribution in [1.29, 1.82) is 0 Å². The van der Waals surface area contributed by atoms with E-state index in [1.54, 1.807) is 20.8 Å². The van der Waals surface area contributed by atoms with E-state index in [4.69, 9.17) is 19.1 Å². The monoisotopic (exact) mass is 516 g/mol. The van der Waals surface area contributed by atoms with Crippen LogP contribution in [-0.2, 0) is 18.4 Å². The van der Waals surface area contributed by atoms with Gasteiger partial charge in [0.25, 0.3) is 14.3 Å². The summed E-state index contributed by atoms with van der Waals surface area (Å²) in [5.41, 5.74) is 8.27. The molecule has 34 heavy (non-hydrogen) atoms. The van der Waals surface area contributed by atoms with Gasteiger partial charge in [-0.1, -0.05) is 41.5 Å². The highest BCUT2D eigenvalue weighted by molar-refractivity contribution is 6.75. The predicted octanol–water partition coefficient (Wildman–Crippen LogP) is 7.56. The van der Waals surface area contributed by atoms with Gasteiger partial charge >= 0.3 is 6.09 Å². The Hall–Kier alpha value is -1.56. The number of azide groups is 1. The molecule has 0 fully saturated rings. The first-order valence-electron chi connectivity index (χ1n) is 12.0. The lowest BCUT2D eigenvalue weighted by atomic mass is 10.1. The summed E-state index contributed by atoms with van der Waals surface area (Å²) in [7, 11) is -4.38. The molecule has 0 rings (SSSR count). The number of hydrogen-bond acceptors (Lipinski definition) is 6. The van der Waals surface area contributed by atoms with E-state index in [0.29, 0.717) is 12.8 Å². The molecule has 1 atom stereocenters. The van der Waals surface area contributed by atoms with Gasteiger partial charge in [-0.25, -0.2) is 0 Å². The Bertz CT molecular complexity index is 746. The molecule has 0 spiro atoms. The fourth-order valence-corrected chi connectivity index (χ4v) is 4.80. The Morgan fingerprint density at radius 3 is 1.85 bits per heavy atom. The van der Waals surface area contributed by atoms with Crippen LogP contribution in [0.15, 0.2) is 5.22 Å². The molecule has 0 aromatic carbocycles. The topological polar surface area (TPSA) is 114 Å². The molecule has 0 radical (unpaired) electrons. The molecule has 1 amide bonds. The van der Waals surface area contributed by atoms with Crippen molar-refractivity contribution in [3.8, 4) is 0 Å². The molecule has 0 saturated carbocycles. The molecule has 198 valence electrons. The minimum absolute atomic E-state index is 0.0444. The van der Waals surface area contributed by atoms with Crippen LogP contribution in [0.25, 0.3) is 10.4 Å². The van der Waals surface area contributed by atoms with Gasteiger partial charge in [-0.15, -0.1) is 10.5 Å². The zero-order valence-corrected chi connectivity index (χ0v) is 25.7. The quantitative estimate of drug-likeness (QED) is 0.0976. The van der Waals surface area contributed by atoms with Crippen molar-refractivity contribution in [2.24, 2.45) is 5.22 Å². The Morgan fingerprint density at radius 1 is 0.941 bits per heavy atom. The third-order valence-electron chi connectivity index (χ3n) is 6.48. The van der Waals surface area contributed by atoms with Crippen LogP contribution >= 0.6 is 0 Å². The minimum atomic E-state index is -2.20. The predicted molar refractivity (Wildman–Crippen MR) is 141 cm³/mol. The molecule has 0 aliphatic carbocycles. The number of hydrogen-bond donors (Lipinski definition) is 0. The molecule has 11 heteroatoms. The largest absolute Gasteiger partial charge is 0.519 e. The maximum atomic E-state index is 12.6. The molecule has 0 bridgehead atoms. The van der Waals surface area contributed by atoms with Gasteiger partial charge in [0, 0.05) is 6.42 Å². The van der Waals surface area contributed by atoms with Crippen LogP contribution in [0.3, 0.4) is 0 Å². The summed E-state index contributed by atoms with van der Waals surface area (Å²) in [6, 6.07) is 0. The normalized spacial score (nSPS) is 14.1. The number of nitrogens with zero attached hydrogens (tertiary/aromatic N) is 4. The van der Waals surface area contributed by atoms with Crippen LogP contribution < -0.4 is 0 Å². The van der Waals surface area contributed by atoms with Crippen LogP contribution in [0.4, 0.5) is 4.79 Å². The second kappa shape index (κ2) is 11.9. The van der Waals surface area contributed by atoms with Crippen molar-refractivity contribution in [3.63, 3.8) is 0 Å². The van der Waals surface area contributed by atoms with Gasteiger partial charge in [0.05, 0.1) is 6.10 Å². The highest BCUT2D eigenvalue weighted by atomic mass is 28.4. The molecular weight excluding hydrogens is 468 g/mol. The van der Waals surface area contributed by atoms with E-state index in [2.05, 4.69) is 64.8 Å². The Balaban J connectivity index is 5.50. The van der Waals surface area contributed by atoms with Gasteiger partial charge in [-0.3, -0.25) is 4.79 Å². The summed E-state index contributed by atoms with van der Waals surface area (Å²) in [5, 5.41) is 4.41. The number of amides is 1. The molecule has 0 N–H and O–H groups in total. The molecule has 0 aromatic heterocycles. The average Bonchev–Trinajstić information content (AvgIpc) is 2.56. The van der Waals surface area contributed by atoms with E-state index in [1.165, 1.54) is 0 Å². The van der Waals surface area contributed by atoms with E-state index in [1.807, 2.05) is 13.1 Å². The van der Waals surface area contributed by atoms with Gasteiger partial charge in [0.1, 0.15) is 12.1 Å². The SMILES string of the molecule is CC(C)(C)OC(=O)N(CC(CCCC(=O)O[Si](C)(C)C(C)(C)C)O[Si](C)(C)C(C)(C)C)N=[N+]=[N-]. The molecule has 1 unspecified atom stereocenters. The van der Waals surface area contributed by atoms with Crippen molar-refractivity contribution in [2.45, 2.75) is 130 Å². The number of rotatable bonds is 10. The maximum absolute atomic E-state index is 12.6. The maximum Gasteiger partial charge on any atom is 0.510 e. The van der Waals surface area contributed by atoms with E-state index in [0.717, 1.165) is 5.01 Å². The lowest BCUT2D eigenvalue weighted by molar-refractivity contribution is -0.135. The van der Waals surface area contributed by atoms with Gasteiger partial charge in [-0.05, 0) is 75.1 Å². The molecule has 0 aliphatic heterocycles. The molecule has 9 nitrogen and oxygen atoms in total. The summed E-state index contributed by atoms with van der Waals surface area (Å²) in [4.78, 5) is 27.9. The van der Waals surface area contributed by atoms with Crippen molar-refractivity contribution >= 4 is 28.7 Å². The van der Waals surface area contributed by atoms with Gasteiger partial charge in [0.2, 0.25) is 0 Å². The van der Waals surface area contributed by atoms with Crippen molar-refractivity contribution in [2.75, 3.05) is 6.54 Å². The first-order chi connectivity index (χ1) is 15.0. The third kappa shape index (κ3) is 11.2. The molecule has 0 saturated heterocycles. The number of carbonyl (C=O) groups is 2. The van der Waals surface area contributed by atoms with Crippen molar-refractivity contribution in [1.82, 2.24) is 5.01 Å². The highest BCUT2D eigenvalue weighted by Crippen LogP contribution is 2.38. The lowest BCUT2D eigenvalue weighted by Gasteiger charge is -2.39. The Morgan fingerprint density at radius 2 is 1.44 bits per heavy atom. The van der Waals surface area contributed by atoms with Crippen LogP contribution in [0.5, 0.6) is 0 Å². The van der Waals surface area contributed by atoms with Gasteiger partial charge in [-0.2, -0.15) is 9.71 Å². The number of ether oxygens (including phenoxy) is 1. The van der Waals surface area contributed by atoms with Crippen LogP contribution in [-0.4, -0.2) is 52.0 Å². The second-order valence-corrected chi connectivity index (χ2v) is 22.3. The van der Waals surface area contributed by atoms with E-state index < -0.39 is 34.4 Å². The Labute approximate surface area is 208 Å². The summed E-state index contributed by atoms with van der Waals surface area (Å²) in [5.74, 6) is -0.211. The lowest BCUT2D eigenvalue weighted by Crippen LogP contribution is -2.47. The zero-order chi connectivity index (χ0) is 27.2. The van der Waals surface area contributed by atoms with E-state index in [-0.39, 0.29) is 29.0 Å². The Kier molecular flexibility index (Phi) is 11.4. The van der Waals surface area contributed by atoms with E-state index in [9.17, 15) is 9.59 Å². The summed E-state index contributed by atoms with van der Waals surface area (Å²) >= 11 is 0. The first-order valence-corrected chi connectivity index (χ1v) is 17.8. The second-order valence-electron chi connectivity index (χ2n) is 12.9. The van der Waals surface area contributed by atoms with Crippen LogP contribution in [0.2, 0.25) is 36.3 Å². The first kappa shape index (κ1) is 32.4. The summed E-state index contributed by atoms with van der Waals surface area (Å²) in [6.07, 6.45) is 0.161. The molecule has 0 heterocycles. The fourth-order valence-electron chi connectivity index (χ4n) is 2.45. The van der Waals surface area contributed by atoms with Crippen LogP contribution in [0, 0.1) is 0 Å². The van der Waals surface area contributed by atoms with Gasteiger partial charge in [0.15, 0.2) is 8.32 Å². The average molecular weight is 517 g/mol. The summed E-state index contributed by atoms with van der Waals surface area (Å²) in [6.45, 7) is 26.3. The molecular formula is C23H48N4O5Si2. The van der Waals surface area contributed by atoms with Crippen LogP contribution in [0.1, 0.15) is 81.6 Å². The van der Waals surface area contributed by atoms with Gasteiger partial charge < -0.3 is 13.6 Å². The highest BCUT2D eigenvalue weighted by Gasteiger charge is 2.42. The standard InChI is InChI=1S/C23H48N4O5Si2/c1-21(2,3)30-20(29)27(26-25-24)17-18(31-33(10,11)22(4,5)6)15-14-16-19(28)32-34(12,13)23(7,8)9/h18H,14-17H2,1-13H3. The fraction of sp³-hybridized carbons (Fsp3) is 0.913. The minimum Gasteiger partial charge on any atom is -0.519 e. The van der Waals surface area contributed by atoms with Crippen molar-refractivity contribution in [3.05, 3.63) is 10.4 Å². The molecule has 0 aromatic rings. The zero-order valence-electron chi connectivity index (χ0n) is 23.7. The summed E-state index contributed by atoms with van der Waals surface area (Å²) < 4.78 is 17.8.